The van der Waals surface area contributed by atoms with Gasteiger partial charge in [0.2, 0.25) is 5.13 Å². The summed E-state index contributed by atoms with van der Waals surface area (Å²) in [5.41, 5.74) is 1.33. The second-order valence-electron chi connectivity index (χ2n) is 6.38. The van der Waals surface area contributed by atoms with Gasteiger partial charge >= 0.3 is 0 Å². The summed E-state index contributed by atoms with van der Waals surface area (Å²) in [5, 5.41) is 2.99. The smallest absolute Gasteiger partial charge is 0.261 e. The molecule has 0 bridgehead atoms. The van der Waals surface area contributed by atoms with Gasteiger partial charge in [-0.25, -0.2) is 12.8 Å². The fraction of sp³-hybridized carbons (Fsp3) is 0. The molecule has 0 radical (unpaired) electrons. The molecule has 0 aliphatic heterocycles. The third-order valence-electron chi connectivity index (χ3n) is 4.20. The topological polar surface area (TPSA) is 101 Å². The number of carbonyl (C=O) groups excluding carboxylic acids is 1. The van der Waals surface area contributed by atoms with Crippen molar-refractivity contribution in [2.24, 2.45) is 0 Å². The van der Waals surface area contributed by atoms with Gasteiger partial charge in [0.15, 0.2) is 5.82 Å². The van der Waals surface area contributed by atoms with Crippen LogP contribution < -0.4 is 10.0 Å². The van der Waals surface area contributed by atoms with E-state index in [4.69, 9.17) is 0 Å². The van der Waals surface area contributed by atoms with Gasteiger partial charge in [-0.15, -0.1) is 0 Å². The van der Waals surface area contributed by atoms with Crippen LogP contribution in [0.2, 0.25) is 0 Å². The Morgan fingerprint density at radius 3 is 2.26 bits per heavy atom. The Bertz CT molecular complexity index is 1310. The van der Waals surface area contributed by atoms with E-state index in [0.29, 0.717) is 11.0 Å². The molecule has 4 rings (SSSR count). The molecule has 0 spiro atoms. The summed E-state index contributed by atoms with van der Waals surface area (Å²) in [7, 11) is -3.88. The lowest BCUT2D eigenvalue weighted by molar-refractivity contribution is 0.102. The lowest BCUT2D eigenvalue weighted by Crippen LogP contribution is -2.14. The minimum Gasteiger partial charge on any atom is -0.297 e. The highest BCUT2D eigenvalue weighted by Crippen LogP contribution is 2.22. The van der Waals surface area contributed by atoms with E-state index in [1.165, 1.54) is 36.4 Å². The highest BCUT2D eigenvalue weighted by atomic mass is 32.2. The molecular weight excluding hydrogens is 439 g/mol. The zero-order valence-electron chi connectivity index (χ0n) is 15.8. The second kappa shape index (κ2) is 8.62. The summed E-state index contributed by atoms with van der Waals surface area (Å²) in [6.07, 6.45) is 0. The fourth-order valence-electron chi connectivity index (χ4n) is 2.67. The quantitative estimate of drug-likeness (QED) is 0.450. The highest BCUT2D eigenvalue weighted by Gasteiger charge is 2.16. The normalized spacial score (nSPS) is 11.1. The number of amides is 1. The number of rotatable bonds is 6. The first-order valence-corrected chi connectivity index (χ1v) is 11.3. The Balaban J connectivity index is 1.44. The SMILES string of the molecule is O=C(Nc1nc(-c2ccccc2)ns1)c1ccc(S(=O)(=O)Nc2ccc(F)cc2)cc1. The van der Waals surface area contributed by atoms with E-state index in [2.05, 4.69) is 19.4 Å². The van der Waals surface area contributed by atoms with E-state index >= 15 is 0 Å². The Morgan fingerprint density at radius 2 is 1.58 bits per heavy atom. The molecule has 0 aliphatic rings. The number of aromatic nitrogens is 2. The molecule has 0 saturated heterocycles. The predicted octanol–water partition coefficient (Wildman–Crippen LogP) is 4.40. The summed E-state index contributed by atoms with van der Waals surface area (Å²) in [5.74, 6) is -0.398. The van der Waals surface area contributed by atoms with Crippen LogP contribution >= 0.6 is 11.5 Å². The van der Waals surface area contributed by atoms with E-state index in [0.717, 1.165) is 29.2 Å². The van der Waals surface area contributed by atoms with Crippen molar-refractivity contribution in [3.05, 3.63) is 90.2 Å². The average molecular weight is 455 g/mol. The molecule has 7 nitrogen and oxygen atoms in total. The van der Waals surface area contributed by atoms with Crippen LogP contribution in [-0.2, 0) is 10.0 Å². The Hall–Kier alpha value is -3.63. The maximum Gasteiger partial charge on any atom is 0.261 e. The minimum absolute atomic E-state index is 0.0318. The number of benzene rings is 3. The summed E-state index contributed by atoms with van der Waals surface area (Å²) in [6, 6.07) is 19.7. The molecule has 0 saturated carbocycles. The third kappa shape index (κ3) is 4.93. The van der Waals surface area contributed by atoms with Crippen LogP contribution in [0.5, 0.6) is 0 Å². The summed E-state index contributed by atoms with van der Waals surface area (Å²) in [4.78, 5) is 16.7. The lowest BCUT2D eigenvalue weighted by Gasteiger charge is -2.08. The van der Waals surface area contributed by atoms with Crippen molar-refractivity contribution in [1.82, 2.24) is 9.36 Å². The number of nitrogens with zero attached hydrogens (tertiary/aromatic N) is 2. The van der Waals surface area contributed by atoms with Crippen molar-refractivity contribution in [3.63, 3.8) is 0 Å². The Morgan fingerprint density at radius 1 is 0.903 bits per heavy atom. The molecule has 31 heavy (non-hydrogen) atoms. The van der Waals surface area contributed by atoms with Gasteiger partial charge < -0.3 is 0 Å². The maximum atomic E-state index is 13.0. The van der Waals surface area contributed by atoms with E-state index in [1.54, 1.807) is 0 Å². The van der Waals surface area contributed by atoms with Gasteiger partial charge in [0.05, 0.1) is 4.90 Å². The number of halogens is 1. The molecule has 0 unspecified atom stereocenters. The average Bonchev–Trinajstić information content (AvgIpc) is 3.24. The molecule has 2 N–H and O–H groups in total. The van der Waals surface area contributed by atoms with Gasteiger partial charge in [-0.2, -0.15) is 9.36 Å². The zero-order chi connectivity index (χ0) is 21.8. The van der Waals surface area contributed by atoms with E-state index in [9.17, 15) is 17.6 Å². The van der Waals surface area contributed by atoms with Crippen LogP contribution in [0.25, 0.3) is 11.4 Å². The standard InChI is InChI=1S/C21H15FN4O3S2/c22-16-8-10-17(11-9-16)26-31(28,29)18-12-6-15(7-13-18)20(27)24-21-23-19(25-30-21)14-4-2-1-3-5-14/h1-13,26H,(H,23,24,25,27). The highest BCUT2D eigenvalue weighted by molar-refractivity contribution is 7.92. The van der Waals surface area contributed by atoms with E-state index < -0.39 is 21.7 Å². The van der Waals surface area contributed by atoms with Crippen molar-refractivity contribution in [2.75, 3.05) is 10.0 Å². The molecular formula is C21H15FN4O3S2. The summed E-state index contributed by atoms with van der Waals surface area (Å²) in [6.45, 7) is 0. The molecule has 4 aromatic rings. The lowest BCUT2D eigenvalue weighted by atomic mass is 10.2. The van der Waals surface area contributed by atoms with Crippen LogP contribution in [0, 0.1) is 5.82 Å². The van der Waals surface area contributed by atoms with Crippen LogP contribution in [-0.4, -0.2) is 23.7 Å². The van der Waals surface area contributed by atoms with Crippen molar-refractivity contribution in [1.29, 1.82) is 0 Å². The van der Waals surface area contributed by atoms with Gasteiger partial charge in [0, 0.05) is 28.3 Å². The maximum absolute atomic E-state index is 13.0. The predicted molar refractivity (Wildman–Crippen MR) is 117 cm³/mol. The van der Waals surface area contributed by atoms with Crippen LogP contribution in [0.3, 0.4) is 0 Å². The number of nitrogens with one attached hydrogen (secondary N) is 2. The third-order valence-corrected chi connectivity index (χ3v) is 6.23. The van der Waals surface area contributed by atoms with Crippen molar-refractivity contribution >= 4 is 38.3 Å². The number of anilines is 2. The largest absolute Gasteiger partial charge is 0.297 e. The molecule has 3 aromatic carbocycles. The van der Waals surface area contributed by atoms with Gasteiger partial charge in [0.1, 0.15) is 5.82 Å². The summed E-state index contributed by atoms with van der Waals surface area (Å²) >= 11 is 1.05. The molecule has 1 amide bonds. The number of carbonyl (C=O) groups is 1. The number of hydrogen-bond donors (Lipinski definition) is 2. The van der Waals surface area contributed by atoms with Crippen LogP contribution in [0.1, 0.15) is 10.4 Å². The fourth-order valence-corrected chi connectivity index (χ4v) is 4.31. The van der Waals surface area contributed by atoms with Crippen LogP contribution in [0.15, 0.2) is 83.8 Å². The monoisotopic (exact) mass is 454 g/mol. The first-order valence-electron chi connectivity index (χ1n) is 9.00. The van der Waals surface area contributed by atoms with Gasteiger partial charge in [-0.3, -0.25) is 14.8 Å². The van der Waals surface area contributed by atoms with Crippen molar-refractivity contribution < 1.29 is 17.6 Å². The van der Waals surface area contributed by atoms with E-state index in [-0.39, 0.29) is 16.1 Å². The molecule has 0 atom stereocenters. The van der Waals surface area contributed by atoms with Gasteiger partial charge in [-0.1, -0.05) is 30.3 Å². The molecule has 10 heteroatoms. The molecule has 0 fully saturated rings. The van der Waals surface area contributed by atoms with Crippen molar-refractivity contribution in [2.45, 2.75) is 4.90 Å². The first-order chi connectivity index (χ1) is 14.9. The van der Waals surface area contributed by atoms with Crippen molar-refractivity contribution in [3.8, 4) is 11.4 Å². The van der Waals surface area contributed by atoms with Gasteiger partial charge in [-0.05, 0) is 48.5 Å². The molecule has 1 aromatic heterocycles. The summed E-state index contributed by atoms with van der Waals surface area (Å²) < 4.78 is 44.5. The molecule has 0 aliphatic carbocycles. The van der Waals surface area contributed by atoms with Crippen LogP contribution in [0.4, 0.5) is 15.2 Å². The number of hydrogen-bond acceptors (Lipinski definition) is 6. The molecule has 1 heterocycles. The zero-order valence-corrected chi connectivity index (χ0v) is 17.5. The first kappa shape index (κ1) is 20.6. The second-order valence-corrected chi connectivity index (χ2v) is 8.81. The Kier molecular flexibility index (Phi) is 5.74. The van der Waals surface area contributed by atoms with E-state index in [1.807, 2.05) is 30.3 Å². The number of sulfonamides is 1. The Labute approximate surface area is 181 Å². The van der Waals surface area contributed by atoms with Gasteiger partial charge in [0.25, 0.3) is 15.9 Å². The minimum atomic E-state index is -3.88. The molecule has 156 valence electrons.